The average molecular weight is 600 g/mol. The van der Waals surface area contributed by atoms with E-state index in [-0.39, 0.29) is 44.6 Å². The van der Waals surface area contributed by atoms with E-state index in [1.54, 1.807) is 34.6 Å². The number of aromatic nitrogens is 1. The van der Waals surface area contributed by atoms with Gasteiger partial charge in [0.1, 0.15) is 18.0 Å². The van der Waals surface area contributed by atoms with Crippen LogP contribution in [0, 0.1) is 18.7 Å². The van der Waals surface area contributed by atoms with Crippen LogP contribution in [-0.2, 0) is 16.0 Å². The molecule has 0 unspecified atom stereocenters. The number of hydrogen-bond donors (Lipinski definition) is 1. The van der Waals surface area contributed by atoms with Crippen molar-refractivity contribution in [3.8, 4) is 5.88 Å². The monoisotopic (exact) mass is 599 g/mol. The normalized spacial score (nSPS) is 19.1. The van der Waals surface area contributed by atoms with Gasteiger partial charge in [0.05, 0.1) is 31.4 Å². The first kappa shape index (κ1) is 32.4. The molecule has 0 saturated carbocycles. The van der Waals surface area contributed by atoms with Gasteiger partial charge >= 0.3 is 12.1 Å². The lowest BCUT2D eigenvalue weighted by molar-refractivity contribution is -0.142. The summed E-state index contributed by atoms with van der Waals surface area (Å²) in [6.45, 7) is 10.8. The van der Waals surface area contributed by atoms with Crippen molar-refractivity contribution < 1.29 is 33.0 Å². The van der Waals surface area contributed by atoms with E-state index in [1.165, 1.54) is 21.6 Å². The Bertz CT molecular complexity index is 1370. The molecule has 0 radical (unpaired) electrons. The number of amides is 1. The Morgan fingerprint density at radius 1 is 1.23 bits per heavy atom. The molecular formula is C33H43F2N3O5. The molecule has 1 aliphatic heterocycles. The zero-order valence-electron chi connectivity index (χ0n) is 26.0. The van der Waals surface area contributed by atoms with Gasteiger partial charge in [0, 0.05) is 30.3 Å². The van der Waals surface area contributed by atoms with E-state index in [2.05, 4.69) is 28.9 Å². The predicted molar refractivity (Wildman–Crippen MR) is 160 cm³/mol. The Morgan fingerprint density at radius 2 is 1.95 bits per heavy atom. The van der Waals surface area contributed by atoms with E-state index in [9.17, 15) is 19.1 Å². The van der Waals surface area contributed by atoms with E-state index in [0.29, 0.717) is 17.5 Å². The van der Waals surface area contributed by atoms with Gasteiger partial charge in [-0.1, -0.05) is 31.2 Å². The number of carboxylic acid groups (broad SMARTS) is 1. The summed E-state index contributed by atoms with van der Waals surface area (Å²) >= 11 is 0. The highest BCUT2D eigenvalue weighted by atomic mass is 19.1. The van der Waals surface area contributed by atoms with Gasteiger partial charge in [-0.2, -0.15) is 0 Å². The summed E-state index contributed by atoms with van der Waals surface area (Å²) in [4.78, 5) is 32.3. The largest absolute Gasteiger partial charge is 0.481 e. The summed E-state index contributed by atoms with van der Waals surface area (Å²) in [7, 11) is 0. The van der Waals surface area contributed by atoms with Gasteiger partial charge in [0.15, 0.2) is 0 Å². The lowest BCUT2D eigenvalue weighted by atomic mass is 9.83. The number of nitrogens with zero attached hydrogens (tertiary/aromatic N) is 3. The fourth-order valence-electron chi connectivity index (χ4n) is 6.02. The fraction of sp³-hybridized carbons (Fsp3) is 0.545. The zero-order valence-corrected chi connectivity index (χ0v) is 26.0. The van der Waals surface area contributed by atoms with Gasteiger partial charge in [-0.05, 0) is 76.2 Å². The molecule has 234 valence electrons. The van der Waals surface area contributed by atoms with E-state index >= 15 is 4.39 Å². The molecule has 1 aromatic carbocycles. The molecule has 2 aliphatic rings. The quantitative estimate of drug-likeness (QED) is 0.321. The number of alkyl halides is 1. The number of benzene rings is 1. The molecule has 3 atom stereocenters. The molecule has 1 aromatic heterocycles. The molecule has 1 N–H and O–H groups in total. The van der Waals surface area contributed by atoms with E-state index in [4.69, 9.17) is 9.47 Å². The lowest BCUT2D eigenvalue weighted by Crippen LogP contribution is -2.45. The van der Waals surface area contributed by atoms with Crippen molar-refractivity contribution in [3.05, 3.63) is 64.1 Å². The minimum atomic E-state index is -0.904. The maximum absolute atomic E-state index is 15.9. The number of carbonyl (C=O) groups excluding carboxylic acids is 1. The number of fused-ring (bicyclic) bond motifs is 2. The van der Waals surface area contributed by atoms with Gasteiger partial charge in [0.2, 0.25) is 5.88 Å². The minimum absolute atomic E-state index is 0.0362. The highest BCUT2D eigenvalue weighted by Gasteiger charge is 2.42. The van der Waals surface area contributed by atoms with E-state index < -0.39 is 42.1 Å². The standard InChI is InChI=1S/C33H43F2N3O5/c1-20(31(39)40)19-38-21(2)16-25-24-11-8-7-10-23(24)17-26(25)29(38)28-22(3)30(36-18-27(28)35)42-15-14-37(13-9-12-34)32(41)43-33(4,5)6/h7-8,10-11,18,20-21,29H,9,12-17,19H2,1-6H3,(H,39,40)/t20-,21-,29+/m1/s1. The second kappa shape index (κ2) is 13.4. The summed E-state index contributed by atoms with van der Waals surface area (Å²) < 4.78 is 40.3. The Kier molecular flexibility index (Phi) is 10.1. The first-order valence-electron chi connectivity index (χ1n) is 14.9. The van der Waals surface area contributed by atoms with Crippen molar-refractivity contribution in [2.24, 2.45) is 5.92 Å². The number of ether oxygens (including phenoxy) is 2. The van der Waals surface area contributed by atoms with Crippen molar-refractivity contribution in [3.63, 3.8) is 0 Å². The Balaban J connectivity index is 1.65. The summed E-state index contributed by atoms with van der Waals surface area (Å²) in [5, 5.41) is 9.74. The first-order chi connectivity index (χ1) is 20.3. The fourth-order valence-corrected chi connectivity index (χ4v) is 6.02. The van der Waals surface area contributed by atoms with Crippen molar-refractivity contribution in [1.29, 1.82) is 0 Å². The van der Waals surface area contributed by atoms with Crippen molar-refractivity contribution in [2.45, 2.75) is 78.5 Å². The van der Waals surface area contributed by atoms with Gasteiger partial charge in [-0.3, -0.25) is 14.1 Å². The molecule has 2 aromatic rings. The Morgan fingerprint density at radius 3 is 2.63 bits per heavy atom. The third-order valence-corrected chi connectivity index (χ3v) is 8.11. The van der Waals surface area contributed by atoms with Crippen LogP contribution in [0.15, 0.2) is 36.0 Å². The molecule has 0 bridgehead atoms. The maximum Gasteiger partial charge on any atom is 0.410 e. The average Bonchev–Trinajstić information content (AvgIpc) is 3.30. The Hall–Kier alpha value is -3.53. The summed E-state index contributed by atoms with van der Waals surface area (Å²) in [6.07, 6.45) is 2.14. The van der Waals surface area contributed by atoms with Crippen LogP contribution in [0.5, 0.6) is 5.88 Å². The molecule has 1 aliphatic carbocycles. The van der Waals surface area contributed by atoms with E-state index in [1.807, 2.05) is 12.1 Å². The summed E-state index contributed by atoms with van der Waals surface area (Å²) in [5.74, 6) is -1.81. The Labute approximate surface area is 252 Å². The molecule has 0 saturated heterocycles. The van der Waals surface area contributed by atoms with Gasteiger partial charge in [-0.25, -0.2) is 14.2 Å². The molecule has 0 fully saturated rings. The minimum Gasteiger partial charge on any atom is -0.481 e. The molecule has 8 nitrogen and oxygen atoms in total. The maximum atomic E-state index is 15.9. The third kappa shape index (κ3) is 7.34. The van der Waals surface area contributed by atoms with Crippen molar-refractivity contribution >= 4 is 17.6 Å². The van der Waals surface area contributed by atoms with Gasteiger partial charge in [0.25, 0.3) is 0 Å². The van der Waals surface area contributed by atoms with Gasteiger partial charge < -0.3 is 19.5 Å². The highest BCUT2D eigenvalue weighted by Crippen LogP contribution is 2.50. The van der Waals surface area contributed by atoms with Crippen LogP contribution in [-0.4, -0.2) is 76.5 Å². The number of carboxylic acids is 1. The predicted octanol–water partition coefficient (Wildman–Crippen LogP) is 6.37. The van der Waals surface area contributed by atoms with E-state index in [0.717, 1.165) is 18.2 Å². The van der Waals surface area contributed by atoms with Crippen molar-refractivity contribution in [2.75, 3.05) is 32.9 Å². The number of carbonyl (C=O) groups is 2. The number of rotatable bonds is 11. The molecule has 10 heteroatoms. The van der Waals surface area contributed by atoms with Gasteiger partial charge in [-0.15, -0.1) is 0 Å². The zero-order chi connectivity index (χ0) is 31.5. The van der Waals surface area contributed by atoms with Crippen molar-refractivity contribution in [1.82, 2.24) is 14.8 Å². The number of pyridine rings is 1. The smallest absolute Gasteiger partial charge is 0.410 e. The third-order valence-electron chi connectivity index (χ3n) is 8.11. The molecule has 2 heterocycles. The van der Waals surface area contributed by atoms with Crippen LogP contribution in [0.4, 0.5) is 13.6 Å². The molecule has 1 amide bonds. The highest BCUT2D eigenvalue weighted by molar-refractivity contribution is 5.79. The molecule has 4 rings (SSSR count). The first-order valence-corrected chi connectivity index (χ1v) is 14.9. The topological polar surface area (TPSA) is 92.2 Å². The molecule has 43 heavy (non-hydrogen) atoms. The summed E-state index contributed by atoms with van der Waals surface area (Å²) in [5.41, 5.74) is 4.82. The second-order valence-corrected chi connectivity index (χ2v) is 12.5. The number of aliphatic carboxylic acids is 1. The van der Waals surface area contributed by atoms with Crippen LogP contribution >= 0.6 is 0 Å². The lowest BCUT2D eigenvalue weighted by Gasteiger charge is -2.43. The SMILES string of the molecule is Cc1c(OCCN(CCCF)C(=O)OC(C)(C)C)ncc(F)c1[C@@H]1C2=C(C[C@@H](C)N1C[C@@H](C)C(=O)O)c1ccccc1C2. The van der Waals surface area contributed by atoms with Crippen LogP contribution in [0.2, 0.25) is 0 Å². The number of halogens is 2. The molecular weight excluding hydrogens is 556 g/mol. The van der Waals surface area contributed by atoms with Crippen LogP contribution in [0.25, 0.3) is 5.57 Å². The summed E-state index contributed by atoms with van der Waals surface area (Å²) in [6, 6.07) is 7.65. The van der Waals surface area contributed by atoms with Crippen LogP contribution in [0.1, 0.15) is 75.8 Å². The molecule has 0 spiro atoms. The van der Waals surface area contributed by atoms with Crippen LogP contribution in [0.3, 0.4) is 0 Å². The second-order valence-electron chi connectivity index (χ2n) is 12.5. The number of hydrogen-bond acceptors (Lipinski definition) is 6. The van der Waals surface area contributed by atoms with Crippen LogP contribution < -0.4 is 4.74 Å².